The van der Waals surface area contributed by atoms with Crippen LogP contribution in [0.4, 0.5) is 39.5 Å². The number of aryl methyl sites for hydroxylation is 1. The zero-order valence-electron chi connectivity index (χ0n) is 16.1. The largest absolute Gasteiger partial charge is 0.470 e. The van der Waals surface area contributed by atoms with Crippen molar-refractivity contribution in [3.63, 3.8) is 0 Å². The Kier molecular flexibility index (Phi) is 6.76. The van der Waals surface area contributed by atoms with Crippen LogP contribution in [0.15, 0.2) is 30.9 Å². The number of nitrogens with one attached hydrogen (secondary N) is 1. The van der Waals surface area contributed by atoms with Gasteiger partial charge in [0.05, 0.1) is 23.7 Å². The van der Waals surface area contributed by atoms with Gasteiger partial charge in [0.1, 0.15) is 11.6 Å². The van der Waals surface area contributed by atoms with E-state index in [1.807, 2.05) is 0 Å². The van der Waals surface area contributed by atoms with Crippen LogP contribution in [-0.4, -0.2) is 46.4 Å². The van der Waals surface area contributed by atoms with Gasteiger partial charge in [-0.2, -0.15) is 44.8 Å². The van der Waals surface area contributed by atoms with Gasteiger partial charge in [-0.1, -0.05) is 4.68 Å². The second kappa shape index (κ2) is 8.71. The lowest BCUT2D eigenvalue weighted by Gasteiger charge is -2.33. The predicted octanol–water partition coefficient (Wildman–Crippen LogP) is 3.18. The number of hydrogen-bond acceptors (Lipinski definition) is 5. The van der Waals surface area contributed by atoms with Crippen LogP contribution >= 0.6 is 0 Å². The molecular weight excluding hydrogens is 477 g/mol. The fraction of sp³-hybridized carbons (Fsp3) is 0.353. The van der Waals surface area contributed by atoms with Gasteiger partial charge in [-0.05, 0) is 13.0 Å². The summed E-state index contributed by atoms with van der Waals surface area (Å²) in [4.78, 5) is 19.5. The first-order valence-electron chi connectivity index (χ1n) is 8.42. The summed E-state index contributed by atoms with van der Waals surface area (Å²) in [7, 11) is 0. The van der Waals surface area contributed by atoms with Crippen LogP contribution in [0.1, 0.15) is 21.6 Å². The molecule has 0 fully saturated rings. The number of ether oxygens (including phenoxy) is 1. The molecule has 1 N–H and O–H groups in total. The first-order chi connectivity index (χ1) is 15.0. The zero-order valence-corrected chi connectivity index (χ0v) is 16.1. The van der Waals surface area contributed by atoms with Crippen LogP contribution in [0.5, 0.6) is 5.88 Å². The Hall–Kier alpha value is -3.64. The molecule has 0 radical (unpaired) electrons. The predicted molar refractivity (Wildman–Crippen MR) is 88.2 cm³/mol. The fourth-order valence-electron chi connectivity index (χ4n) is 2.23. The third kappa shape index (κ3) is 4.91. The van der Waals surface area contributed by atoms with Gasteiger partial charge in [0, 0.05) is 0 Å². The van der Waals surface area contributed by atoms with Gasteiger partial charge < -0.3 is 4.74 Å². The van der Waals surface area contributed by atoms with E-state index in [1.54, 1.807) is 0 Å². The van der Waals surface area contributed by atoms with Crippen LogP contribution in [-0.2, 0) is 0 Å². The van der Waals surface area contributed by atoms with Crippen molar-refractivity contribution >= 4 is 5.91 Å². The number of rotatable bonds is 7. The molecule has 2 heterocycles. The molecule has 0 atom stereocenters. The second-order valence-electron chi connectivity index (χ2n) is 6.32. The maximum atomic E-state index is 13.7. The third-order valence-electron chi connectivity index (χ3n) is 4.00. The number of pyridine rings is 1. The number of nitriles is 1. The molecule has 0 spiro atoms. The monoisotopic (exact) mass is 488 g/mol. The number of nitrogens with zero attached hydrogens (tertiary/aromatic N) is 4. The van der Waals surface area contributed by atoms with Crippen LogP contribution in [0.3, 0.4) is 0 Å². The first kappa shape index (κ1) is 25.6. The molecule has 2 rings (SSSR count). The van der Waals surface area contributed by atoms with E-state index in [1.165, 1.54) is 30.9 Å². The SMILES string of the molecule is Cc1nc(OCC(F)(F)C(F)(F)C(F)(F)C(F)(F)F)c(C#N)cc1C(=O)N[n+]1ccncc1. The summed E-state index contributed by atoms with van der Waals surface area (Å²) < 4.78 is 122. The smallest absolute Gasteiger partial charge is 0.460 e. The molecule has 178 valence electrons. The van der Waals surface area contributed by atoms with Crippen molar-refractivity contribution in [1.82, 2.24) is 9.97 Å². The van der Waals surface area contributed by atoms with E-state index < -0.39 is 47.9 Å². The van der Waals surface area contributed by atoms with Gasteiger partial charge >= 0.3 is 29.9 Å². The Morgan fingerprint density at radius 1 is 1.09 bits per heavy atom. The summed E-state index contributed by atoms with van der Waals surface area (Å²) in [6, 6.07) is 2.14. The zero-order chi connectivity index (χ0) is 25.2. The summed E-state index contributed by atoms with van der Waals surface area (Å²) >= 11 is 0. The molecule has 0 bridgehead atoms. The minimum Gasteiger partial charge on any atom is -0.470 e. The Morgan fingerprint density at radius 3 is 2.18 bits per heavy atom. The first-order valence-corrected chi connectivity index (χ1v) is 8.42. The van der Waals surface area contributed by atoms with Crippen LogP contribution in [0.25, 0.3) is 0 Å². The van der Waals surface area contributed by atoms with Gasteiger partial charge in [-0.3, -0.25) is 9.78 Å². The average Bonchev–Trinajstić information content (AvgIpc) is 2.71. The summed E-state index contributed by atoms with van der Waals surface area (Å²) in [5.74, 6) is -21.9. The minimum absolute atomic E-state index is 0.271. The molecule has 33 heavy (non-hydrogen) atoms. The van der Waals surface area contributed by atoms with Gasteiger partial charge in [0.15, 0.2) is 6.61 Å². The van der Waals surface area contributed by atoms with Crippen molar-refractivity contribution in [1.29, 1.82) is 5.26 Å². The highest BCUT2D eigenvalue weighted by molar-refractivity contribution is 6.00. The molecule has 0 saturated carbocycles. The number of hydrogen-bond donors (Lipinski definition) is 1. The number of alkyl halides is 9. The number of carbonyl (C=O) groups is 1. The van der Waals surface area contributed by atoms with E-state index in [9.17, 15) is 44.3 Å². The molecule has 0 aliphatic heterocycles. The number of amides is 1. The minimum atomic E-state index is -7.08. The average molecular weight is 488 g/mol. The molecule has 16 heteroatoms. The standard InChI is InChI=1S/C17H10F9N5O2/c1-9-11(12(32)30-31-4-2-28-3-5-31)6-10(7-27)13(29-9)33-8-14(18,19)15(20,21)16(22,23)17(24,25)26/h2-6H,8H2,1H3/p+1. The molecular formula is C17H11F9N5O2+. The highest BCUT2D eigenvalue weighted by Gasteiger charge is 2.81. The highest BCUT2D eigenvalue weighted by Crippen LogP contribution is 2.53. The summed E-state index contributed by atoms with van der Waals surface area (Å²) in [5.41, 5.74) is 0.998. The van der Waals surface area contributed by atoms with Crippen LogP contribution in [0.2, 0.25) is 0 Å². The lowest BCUT2D eigenvalue weighted by atomic mass is 10.0. The van der Waals surface area contributed by atoms with E-state index in [0.29, 0.717) is 0 Å². The summed E-state index contributed by atoms with van der Waals surface area (Å²) in [5, 5.41) is 9.11. The molecule has 0 saturated heterocycles. The highest BCUT2D eigenvalue weighted by atomic mass is 19.4. The Balaban J connectivity index is 2.29. The van der Waals surface area contributed by atoms with Crippen molar-refractivity contribution in [3.8, 4) is 11.9 Å². The molecule has 0 aliphatic carbocycles. The van der Waals surface area contributed by atoms with Gasteiger partial charge in [0.25, 0.3) is 0 Å². The topological polar surface area (TPSA) is 91.8 Å². The van der Waals surface area contributed by atoms with E-state index in [4.69, 9.17) is 5.26 Å². The number of carbonyl (C=O) groups excluding carboxylic acids is 1. The van der Waals surface area contributed by atoms with E-state index in [-0.39, 0.29) is 11.3 Å². The maximum absolute atomic E-state index is 13.7. The Morgan fingerprint density at radius 2 is 1.67 bits per heavy atom. The van der Waals surface area contributed by atoms with Crippen LogP contribution < -0.4 is 14.8 Å². The molecule has 0 aliphatic rings. The summed E-state index contributed by atoms with van der Waals surface area (Å²) in [6.07, 6.45) is -1.72. The molecule has 7 nitrogen and oxygen atoms in total. The molecule has 2 aromatic heterocycles. The number of aromatic nitrogens is 3. The molecule has 0 unspecified atom stereocenters. The quantitative estimate of drug-likeness (QED) is 0.478. The normalized spacial score (nSPS) is 12.8. The third-order valence-corrected chi connectivity index (χ3v) is 4.00. The summed E-state index contributed by atoms with van der Waals surface area (Å²) in [6.45, 7) is -1.55. The molecule has 0 aromatic carbocycles. The lowest BCUT2D eigenvalue weighted by molar-refractivity contribution is -0.641. The van der Waals surface area contributed by atoms with E-state index in [2.05, 4.69) is 20.1 Å². The van der Waals surface area contributed by atoms with Gasteiger partial charge in [-0.25, -0.2) is 4.98 Å². The maximum Gasteiger partial charge on any atom is 0.460 e. The van der Waals surface area contributed by atoms with Crippen LogP contribution in [0, 0.1) is 18.3 Å². The fourth-order valence-corrected chi connectivity index (χ4v) is 2.23. The van der Waals surface area contributed by atoms with Gasteiger partial charge in [0.2, 0.25) is 18.3 Å². The van der Waals surface area contributed by atoms with Crippen molar-refractivity contribution in [2.45, 2.75) is 30.9 Å². The van der Waals surface area contributed by atoms with E-state index >= 15 is 0 Å². The molecule has 2 aromatic rings. The van der Waals surface area contributed by atoms with Crippen molar-refractivity contribution in [3.05, 3.63) is 47.7 Å². The van der Waals surface area contributed by atoms with Crippen molar-refractivity contribution in [2.24, 2.45) is 0 Å². The lowest BCUT2D eigenvalue weighted by Crippen LogP contribution is -2.62. The Bertz CT molecular complexity index is 1070. The van der Waals surface area contributed by atoms with E-state index in [0.717, 1.165) is 17.7 Å². The van der Waals surface area contributed by atoms with Crippen molar-refractivity contribution in [2.75, 3.05) is 12.0 Å². The molecule has 1 amide bonds. The number of halogens is 9. The van der Waals surface area contributed by atoms with Crippen molar-refractivity contribution < 1.29 is 53.7 Å². The Labute approximate surface area is 178 Å². The second-order valence-corrected chi connectivity index (χ2v) is 6.32. The van der Waals surface area contributed by atoms with Gasteiger partial charge in [-0.15, -0.1) is 5.43 Å².